The van der Waals surface area contributed by atoms with E-state index in [2.05, 4.69) is 11.8 Å². The number of likely N-dealkylation sites (N-methyl/N-ethyl adjacent to an activating group) is 1. The van der Waals surface area contributed by atoms with E-state index in [0.717, 1.165) is 12.4 Å². The van der Waals surface area contributed by atoms with Gasteiger partial charge in [0.05, 0.1) is 12.4 Å². The number of nitrogens with zero attached hydrogens (tertiary/aromatic N) is 1. The minimum Gasteiger partial charge on any atom is -0.286 e. The van der Waals surface area contributed by atoms with E-state index in [4.69, 9.17) is 0 Å². The Morgan fingerprint density at radius 2 is 2.62 bits per heavy atom. The fourth-order valence-electron chi connectivity index (χ4n) is 0.640. The normalized spacial score (nSPS) is 22.4. The Kier molecular flexibility index (Phi) is 1.91. The average molecular weight is 131 g/mol. The van der Waals surface area contributed by atoms with Gasteiger partial charge in [-0.3, -0.25) is 9.69 Å². The van der Waals surface area contributed by atoms with E-state index in [-0.39, 0.29) is 0 Å². The maximum atomic E-state index is 10.5. The van der Waals surface area contributed by atoms with Gasteiger partial charge in [-0.25, -0.2) is 0 Å². The summed E-state index contributed by atoms with van der Waals surface area (Å²) in [7, 11) is 0. The van der Waals surface area contributed by atoms with Crippen LogP contribution >= 0.6 is 11.8 Å². The van der Waals surface area contributed by atoms with Crippen LogP contribution < -0.4 is 0 Å². The van der Waals surface area contributed by atoms with E-state index in [9.17, 15) is 4.79 Å². The first-order valence-electron chi connectivity index (χ1n) is 2.71. The summed E-state index contributed by atoms with van der Waals surface area (Å²) in [6, 6.07) is 0. The summed E-state index contributed by atoms with van der Waals surface area (Å²) in [5, 5.41) is 0.312. The van der Waals surface area contributed by atoms with Crippen LogP contribution in [0.1, 0.15) is 6.92 Å². The van der Waals surface area contributed by atoms with Crippen LogP contribution in [0.4, 0.5) is 0 Å². The second kappa shape index (κ2) is 2.51. The molecule has 0 radical (unpaired) electrons. The molecule has 1 rings (SSSR count). The highest BCUT2D eigenvalue weighted by Gasteiger charge is 2.17. The molecule has 0 atom stereocenters. The highest BCUT2D eigenvalue weighted by atomic mass is 32.2. The van der Waals surface area contributed by atoms with Crippen LogP contribution in [0.2, 0.25) is 0 Å². The summed E-state index contributed by atoms with van der Waals surface area (Å²) in [6.45, 7) is 3.72. The molecule has 3 heteroatoms. The molecule has 0 aromatic rings. The molecule has 0 saturated carbocycles. The van der Waals surface area contributed by atoms with E-state index in [0.29, 0.717) is 11.7 Å². The fourth-order valence-corrected chi connectivity index (χ4v) is 1.51. The lowest BCUT2D eigenvalue weighted by atomic mass is 10.6. The van der Waals surface area contributed by atoms with Gasteiger partial charge < -0.3 is 0 Å². The van der Waals surface area contributed by atoms with Gasteiger partial charge >= 0.3 is 0 Å². The number of thioether (sulfide) groups is 1. The summed E-state index contributed by atoms with van der Waals surface area (Å²) >= 11 is 1.42. The highest BCUT2D eigenvalue weighted by Crippen LogP contribution is 2.13. The molecule has 0 bridgehead atoms. The minimum absolute atomic E-state index is 0.312. The zero-order valence-electron chi connectivity index (χ0n) is 4.89. The third-order valence-corrected chi connectivity index (χ3v) is 2.15. The predicted octanol–water partition coefficient (Wildman–Crippen LogP) is 0.539. The summed E-state index contributed by atoms with van der Waals surface area (Å²) < 4.78 is 0. The fraction of sp³-hybridized carbons (Fsp3) is 0.800. The molecule has 2 nitrogen and oxygen atoms in total. The van der Waals surface area contributed by atoms with Crippen molar-refractivity contribution in [3.05, 3.63) is 0 Å². The third kappa shape index (κ3) is 1.23. The van der Waals surface area contributed by atoms with Gasteiger partial charge in [0.15, 0.2) is 0 Å². The van der Waals surface area contributed by atoms with E-state index in [1.807, 2.05) is 0 Å². The van der Waals surface area contributed by atoms with E-state index in [1.165, 1.54) is 11.8 Å². The molecule has 1 fully saturated rings. The molecule has 1 saturated heterocycles. The van der Waals surface area contributed by atoms with Crippen molar-refractivity contribution in [1.29, 1.82) is 0 Å². The van der Waals surface area contributed by atoms with Gasteiger partial charge in [0, 0.05) is 0 Å². The van der Waals surface area contributed by atoms with Crippen molar-refractivity contribution < 1.29 is 4.79 Å². The van der Waals surface area contributed by atoms with Crippen molar-refractivity contribution in [2.45, 2.75) is 6.92 Å². The Hall–Kier alpha value is -0.0200. The van der Waals surface area contributed by atoms with Crippen LogP contribution in [0, 0.1) is 0 Å². The van der Waals surface area contributed by atoms with Crippen LogP contribution in [0.5, 0.6) is 0 Å². The van der Waals surface area contributed by atoms with Crippen molar-refractivity contribution in [3.63, 3.8) is 0 Å². The van der Waals surface area contributed by atoms with Crippen LogP contribution in [-0.2, 0) is 4.79 Å². The number of carbonyl (C=O) groups is 1. The molecule has 0 aromatic heterocycles. The molecule has 0 unspecified atom stereocenters. The van der Waals surface area contributed by atoms with Crippen LogP contribution in [0.25, 0.3) is 0 Å². The first kappa shape index (κ1) is 6.11. The Labute approximate surface area is 53.2 Å². The monoisotopic (exact) mass is 131 g/mol. The minimum atomic E-state index is 0.312. The molecule has 1 aliphatic heterocycles. The topological polar surface area (TPSA) is 20.3 Å². The number of hydrogen-bond donors (Lipinski definition) is 0. The van der Waals surface area contributed by atoms with Gasteiger partial charge in [-0.15, -0.1) is 0 Å². The van der Waals surface area contributed by atoms with Crippen LogP contribution in [0.3, 0.4) is 0 Å². The van der Waals surface area contributed by atoms with Crippen molar-refractivity contribution in [1.82, 2.24) is 4.90 Å². The van der Waals surface area contributed by atoms with E-state index < -0.39 is 0 Å². The van der Waals surface area contributed by atoms with Gasteiger partial charge in [-0.1, -0.05) is 18.7 Å². The maximum absolute atomic E-state index is 10.5. The molecular formula is C5H9NOS. The van der Waals surface area contributed by atoms with Crippen LogP contribution in [-0.4, -0.2) is 29.0 Å². The molecule has 46 valence electrons. The lowest BCUT2D eigenvalue weighted by molar-refractivity contribution is -0.110. The first-order valence-corrected chi connectivity index (χ1v) is 3.69. The summed E-state index contributed by atoms with van der Waals surface area (Å²) in [6.07, 6.45) is 0. The third-order valence-electron chi connectivity index (χ3n) is 1.21. The molecule has 0 aromatic carbocycles. The quantitative estimate of drug-likeness (QED) is 0.518. The van der Waals surface area contributed by atoms with E-state index in [1.54, 1.807) is 0 Å². The first-order chi connectivity index (χ1) is 3.83. The lowest BCUT2D eigenvalue weighted by Gasteiger charge is -2.05. The molecule has 1 aliphatic rings. The zero-order chi connectivity index (χ0) is 5.98. The van der Waals surface area contributed by atoms with Crippen molar-refractivity contribution in [3.8, 4) is 0 Å². The number of carbonyl (C=O) groups excluding carboxylic acids is 1. The molecule has 0 spiro atoms. The van der Waals surface area contributed by atoms with Crippen molar-refractivity contribution >= 4 is 16.9 Å². The Morgan fingerprint density at radius 1 is 1.88 bits per heavy atom. The van der Waals surface area contributed by atoms with Gasteiger partial charge in [-0.2, -0.15) is 0 Å². The van der Waals surface area contributed by atoms with Crippen molar-refractivity contribution in [2.75, 3.05) is 19.0 Å². The lowest BCUT2D eigenvalue weighted by Crippen LogP contribution is -2.19. The Balaban J connectivity index is 2.32. The Morgan fingerprint density at radius 3 is 2.88 bits per heavy atom. The number of hydrogen-bond acceptors (Lipinski definition) is 3. The number of rotatable bonds is 1. The summed E-state index contributed by atoms with van der Waals surface area (Å²) in [4.78, 5) is 12.7. The second-order valence-electron chi connectivity index (χ2n) is 1.79. The van der Waals surface area contributed by atoms with E-state index >= 15 is 0 Å². The largest absolute Gasteiger partial charge is 0.286 e. The molecule has 8 heavy (non-hydrogen) atoms. The van der Waals surface area contributed by atoms with Gasteiger partial charge in [0.2, 0.25) is 5.12 Å². The summed E-state index contributed by atoms with van der Waals surface area (Å²) in [5.74, 6) is 0.898. The smallest absolute Gasteiger partial charge is 0.204 e. The van der Waals surface area contributed by atoms with Crippen LogP contribution in [0.15, 0.2) is 0 Å². The SMILES string of the molecule is CCN1CSC(=O)C1. The molecular weight excluding hydrogens is 122 g/mol. The molecule has 0 aliphatic carbocycles. The standard InChI is InChI=1S/C5H9NOS/c1-2-6-3-5(7)8-4-6/h2-4H2,1H3. The summed E-state index contributed by atoms with van der Waals surface area (Å²) in [5.41, 5.74) is 0. The molecule has 0 amide bonds. The Bertz CT molecular complexity index is 105. The van der Waals surface area contributed by atoms with Gasteiger partial charge in [0.1, 0.15) is 0 Å². The predicted molar refractivity (Wildman–Crippen MR) is 34.7 cm³/mol. The molecule has 0 N–H and O–H groups in total. The zero-order valence-corrected chi connectivity index (χ0v) is 5.70. The average Bonchev–Trinajstić information content (AvgIpc) is 2.14. The van der Waals surface area contributed by atoms with Gasteiger partial charge in [0.25, 0.3) is 0 Å². The highest BCUT2D eigenvalue weighted by molar-refractivity contribution is 8.14. The van der Waals surface area contributed by atoms with Crippen molar-refractivity contribution in [2.24, 2.45) is 0 Å². The molecule has 1 heterocycles. The maximum Gasteiger partial charge on any atom is 0.204 e. The van der Waals surface area contributed by atoms with Gasteiger partial charge in [-0.05, 0) is 6.54 Å². The second-order valence-corrected chi connectivity index (χ2v) is 2.79.